The zero-order valence-electron chi connectivity index (χ0n) is 25.7. The molecule has 11 heteroatoms. The molecule has 4 aromatic rings. The van der Waals surface area contributed by atoms with E-state index in [1.54, 1.807) is 61.8 Å². The lowest BCUT2D eigenvalue weighted by Gasteiger charge is -2.19. The van der Waals surface area contributed by atoms with E-state index in [4.69, 9.17) is 28.8 Å². The van der Waals surface area contributed by atoms with Crippen LogP contribution in [0.4, 0.5) is 0 Å². The molecule has 1 aromatic heterocycles. The summed E-state index contributed by atoms with van der Waals surface area (Å²) >= 11 is 0. The van der Waals surface area contributed by atoms with E-state index in [1.165, 1.54) is 13.2 Å². The van der Waals surface area contributed by atoms with E-state index in [-0.39, 0.29) is 37.0 Å². The molecular weight excluding hydrogens is 592 g/mol. The van der Waals surface area contributed by atoms with Crippen molar-refractivity contribution in [2.75, 3.05) is 21.0 Å². The van der Waals surface area contributed by atoms with Crippen LogP contribution in [0.25, 0.3) is 17.3 Å². The van der Waals surface area contributed by atoms with Gasteiger partial charge in [-0.2, -0.15) is 5.10 Å². The van der Waals surface area contributed by atoms with Crippen molar-refractivity contribution in [3.63, 3.8) is 0 Å². The Hall–Kier alpha value is -5.45. The van der Waals surface area contributed by atoms with Gasteiger partial charge in [-0.1, -0.05) is 18.2 Å². The van der Waals surface area contributed by atoms with Crippen molar-refractivity contribution in [3.05, 3.63) is 88.6 Å². The molecule has 0 amide bonds. The molecule has 2 heterocycles. The van der Waals surface area contributed by atoms with Crippen molar-refractivity contribution in [1.29, 1.82) is 0 Å². The normalized spacial score (nSPS) is 14.5. The minimum Gasteiger partial charge on any atom is -0.497 e. The Morgan fingerprint density at radius 3 is 2.46 bits per heavy atom. The zero-order chi connectivity index (χ0) is 32.4. The molecule has 0 bridgehead atoms. The zero-order valence-corrected chi connectivity index (χ0v) is 25.7. The molecule has 11 nitrogen and oxygen atoms in total. The Morgan fingerprint density at radius 1 is 1.00 bits per heavy atom. The van der Waals surface area contributed by atoms with Crippen LogP contribution in [0.5, 0.6) is 28.7 Å². The van der Waals surface area contributed by atoms with Gasteiger partial charge >= 0.3 is 11.9 Å². The average molecular weight is 627 g/mol. The Balaban J connectivity index is 1.44. The molecule has 3 aromatic carbocycles. The second kappa shape index (κ2) is 12.9. The molecule has 0 radical (unpaired) electrons. The second-order valence-corrected chi connectivity index (χ2v) is 11.3. The summed E-state index contributed by atoms with van der Waals surface area (Å²) in [4.78, 5) is 24.5. The Kier molecular flexibility index (Phi) is 8.56. The van der Waals surface area contributed by atoms with Crippen molar-refractivity contribution < 1.29 is 43.5 Å². The summed E-state index contributed by atoms with van der Waals surface area (Å²) in [5.74, 6) is 0.839. The first-order valence-corrected chi connectivity index (χ1v) is 14.9. The summed E-state index contributed by atoms with van der Waals surface area (Å²) in [6, 6.07) is 15.5. The summed E-state index contributed by atoms with van der Waals surface area (Å²) < 4.78 is 30.3. The number of carbonyl (C=O) groups is 2. The summed E-state index contributed by atoms with van der Waals surface area (Å²) in [6.45, 7) is 2.17. The Morgan fingerprint density at radius 2 is 1.76 bits per heavy atom. The highest BCUT2D eigenvalue weighted by atomic mass is 16.7. The fourth-order valence-corrected chi connectivity index (χ4v) is 5.68. The fourth-order valence-electron chi connectivity index (χ4n) is 5.68. The number of fused-ring (bicyclic) bond motifs is 1. The molecule has 1 fully saturated rings. The van der Waals surface area contributed by atoms with E-state index in [1.807, 2.05) is 10.7 Å². The lowest BCUT2D eigenvalue weighted by atomic mass is 9.99. The third-order valence-electron chi connectivity index (χ3n) is 8.35. The molecule has 2 aliphatic rings. The van der Waals surface area contributed by atoms with E-state index in [2.05, 4.69) is 6.92 Å². The van der Waals surface area contributed by atoms with Crippen molar-refractivity contribution in [1.82, 2.24) is 9.78 Å². The number of carboxylic acids is 2. The van der Waals surface area contributed by atoms with Gasteiger partial charge in [0.2, 0.25) is 6.79 Å². The average Bonchev–Trinajstić information content (AvgIpc) is 3.68. The van der Waals surface area contributed by atoms with Crippen molar-refractivity contribution in [2.45, 2.75) is 38.8 Å². The largest absolute Gasteiger partial charge is 0.497 e. The maximum atomic E-state index is 12.7. The molecule has 46 heavy (non-hydrogen) atoms. The molecule has 1 unspecified atom stereocenters. The molecule has 1 aliphatic carbocycles. The maximum absolute atomic E-state index is 12.7. The van der Waals surface area contributed by atoms with Crippen LogP contribution in [-0.2, 0) is 17.8 Å². The van der Waals surface area contributed by atoms with Crippen LogP contribution in [0.15, 0.2) is 66.4 Å². The summed E-state index contributed by atoms with van der Waals surface area (Å²) in [5.41, 5.74) is 3.33. The van der Waals surface area contributed by atoms with Crippen LogP contribution < -0.4 is 23.7 Å². The lowest BCUT2D eigenvalue weighted by molar-refractivity contribution is -0.132. The molecule has 6 rings (SSSR count). The Labute approximate surface area is 265 Å². The lowest BCUT2D eigenvalue weighted by Crippen LogP contribution is -2.12. The van der Waals surface area contributed by atoms with Gasteiger partial charge in [0.1, 0.15) is 23.9 Å². The van der Waals surface area contributed by atoms with Gasteiger partial charge in [-0.05, 0) is 56.0 Å². The summed E-state index contributed by atoms with van der Waals surface area (Å²) in [5, 5.41) is 24.8. The molecule has 0 saturated heterocycles. The minimum atomic E-state index is -1.09. The van der Waals surface area contributed by atoms with Gasteiger partial charge < -0.3 is 33.9 Å². The van der Waals surface area contributed by atoms with Crippen LogP contribution in [0.3, 0.4) is 0 Å². The third kappa shape index (κ3) is 6.21. The molecule has 1 atom stereocenters. The first kappa shape index (κ1) is 30.6. The van der Waals surface area contributed by atoms with Crippen LogP contribution in [0.1, 0.15) is 52.9 Å². The van der Waals surface area contributed by atoms with E-state index >= 15 is 0 Å². The molecule has 1 saturated carbocycles. The minimum absolute atomic E-state index is 0.00951. The number of aliphatic carboxylic acids is 1. The van der Waals surface area contributed by atoms with Gasteiger partial charge in [-0.3, -0.25) is 4.68 Å². The highest BCUT2D eigenvalue weighted by molar-refractivity contribution is 5.94. The monoisotopic (exact) mass is 626 g/mol. The number of benzene rings is 3. The Bertz CT molecular complexity index is 1820. The summed E-state index contributed by atoms with van der Waals surface area (Å²) in [7, 11) is 3.07. The van der Waals surface area contributed by atoms with Crippen molar-refractivity contribution in [2.24, 2.45) is 5.92 Å². The standard InChI is InChI=1S/C35H34N2O9/c1-20(21-8-9-21)37-33(28-11-10-26(42-2)15-30(28)44-18-22-6-4-5-7-27(22)35(40)41)25(17-36-37)13-24(34(38)39)12-23-14-31-32(46-19-45-31)16-29(23)43-3/h4-7,10-11,13-17,20-21H,8-9,12,18-19H2,1-3H3,(H,38,39)(H,40,41)/b24-13+. The second-order valence-electron chi connectivity index (χ2n) is 11.3. The SMILES string of the molecule is COc1ccc(-c2c(/C=C(\Cc3cc4c(cc3OC)OCO4)C(=O)O)cnn2C(C)C2CC2)c(OCc2ccccc2C(=O)O)c1. The number of aromatic nitrogens is 2. The summed E-state index contributed by atoms with van der Waals surface area (Å²) in [6.07, 6.45) is 5.50. The molecule has 0 spiro atoms. The highest BCUT2D eigenvalue weighted by Gasteiger charge is 2.32. The van der Waals surface area contributed by atoms with Gasteiger partial charge in [-0.15, -0.1) is 0 Å². The van der Waals surface area contributed by atoms with Crippen LogP contribution in [-0.4, -0.2) is 52.9 Å². The van der Waals surface area contributed by atoms with E-state index in [9.17, 15) is 19.8 Å². The fraction of sp³-hybridized carbons (Fsp3) is 0.286. The number of aromatic carboxylic acids is 1. The maximum Gasteiger partial charge on any atom is 0.336 e. The topological polar surface area (TPSA) is 139 Å². The van der Waals surface area contributed by atoms with Gasteiger partial charge in [0.05, 0.1) is 37.7 Å². The molecule has 238 valence electrons. The van der Waals surface area contributed by atoms with Gasteiger partial charge in [-0.25, -0.2) is 9.59 Å². The van der Waals surface area contributed by atoms with Crippen molar-refractivity contribution >= 4 is 18.0 Å². The first-order valence-electron chi connectivity index (χ1n) is 14.9. The predicted molar refractivity (Wildman–Crippen MR) is 168 cm³/mol. The number of ether oxygens (including phenoxy) is 5. The third-order valence-corrected chi connectivity index (χ3v) is 8.35. The number of methoxy groups -OCH3 is 2. The molecular formula is C35H34N2O9. The molecule has 2 N–H and O–H groups in total. The van der Waals surface area contributed by atoms with Crippen LogP contribution in [0.2, 0.25) is 0 Å². The highest BCUT2D eigenvalue weighted by Crippen LogP contribution is 2.44. The smallest absolute Gasteiger partial charge is 0.336 e. The van der Waals surface area contributed by atoms with E-state index in [0.29, 0.717) is 62.6 Å². The number of hydrogen-bond donors (Lipinski definition) is 2. The number of nitrogens with zero attached hydrogens (tertiary/aromatic N) is 2. The van der Waals surface area contributed by atoms with Crippen molar-refractivity contribution in [3.8, 4) is 40.0 Å². The first-order chi connectivity index (χ1) is 22.3. The van der Waals surface area contributed by atoms with Gasteiger partial charge in [0, 0.05) is 46.4 Å². The van der Waals surface area contributed by atoms with Crippen LogP contribution >= 0.6 is 0 Å². The number of carboxylic acid groups (broad SMARTS) is 2. The van der Waals surface area contributed by atoms with Gasteiger partial charge in [0.15, 0.2) is 11.5 Å². The molecule has 1 aliphatic heterocycles. The predicted octanol–water partition coefficient (Wildman–Crippen LogP) is 6.25. The van der Waals surface area contributed by atoms with E-state index < -0.39 is 11.9 Å². The van der Waals surface area contributed by atoms with Gasteiger partial charge in [0.25, 0.3) is 0 Å². The number of hydrogen-bond acceptors (Lipinski definition) is 8. The number of rotatable bonds is 13. The quantitative estimate of drug-likeness (QED) is 0.164. The van der Waals surface area contributed by atoms with Crippen LogP contribution in [0, 0.1) is 5.92 Å². The van der Waals surface area contributed by atoms with E-state index in [0.717, 1.165) is 12.8 Å².